The highest BCUT2D eigenvalue weighted by molar-refractivity contribution is 5.96. The Kier molecular flexibility index (Phi) is 8.31. The summed E-state index contributed by atoms with van der Waals surface area (Å²) in [6.45, 7) is 0.573. The van der Waals surface area contributed by atoms with Crippen LogP contribution in [0.2, 0.25) is 0 Å². The molecule has 0 saturated carbocycles. The minimum absolute atomic E-state index is 0.105. The number of hydrogen-bond donors (Lipinski definition) is 3. The molecule has 0 aliphatic carbocycles. The van der Waals surface area contributed by atoms with Gasteiger partial charge in [-0.15, -0.1) is 0 Å². The van der Waals surface area contributed by atoms with E-state index in [9.17, 15) is 19.2 Å². The maximum atomic E-state index is 13.0. The lowest BCUT2D eigenvalue weighted by Gasteiger charge is -2.21. The monoisotopic (exact) mass is 433 g/mol. The van der Waals surface area contributed by atoms with E-state index in [0.29, 0.717) is 19.3 Å². The first-order chi connectivity index (χ1) is 15.5. The highest BCUT2D eigenvalue weighted by atomic mass is 16.2. The van der Waals surface area contributed by atoms with Gasteiger partial charge in [0.15, 0.2) is 0 Å². The van der Waals surface area contributed by atoms with Gasteiger partial charge in [-0.1, -0.05) is 60.7 Å². The van der Waals surface area contributed by atoms with E-state index in [1.54, 1.807) is 6.08 Å². The lowest BCUT2D eigenvalue weighted by molar-refractivity contribution is -0.129. The predicted molar refractivity (Wildman–Crippen MR) is 121 cm³/mol. The number of aldehydes is 1. The van der Waals surface area contributed by atoms with Gasteiger partial charge < -0.3 is 20.7 Å². The van der Waals surface area contributed by atoms with Gasteiger partial charge in [0.1, 0.15) is 12.3 Å². The highest BCUT2D eigenvalue weighted by Crippen LogP contribution is 2.15. The van der Waals surface area contributed by atoms with Gasteiger partial charge in [-0.3, -0.25) is 14.4 Å². The van der Waals surface area contributed by atoms with Gasteiger partial charge in [-0.25, -0.2) is 0 Å². The number of benzene rings is 2. The van der Waals surface area contributed by atoms with Crippen LogP contribution in [0.3, 0.4) is 0 Å². The molecule has 1 saturated heterocycles. The van der Waals surface area contributed by atoms with Crippen LogP contribution in [0.5, 0.6) is 0 Å². The molecule has 7 nitrogen and oxygen atoms in total. The van der Waals surface area contributed by atoms with Crippen molar-refractivity contribution in [3.05, 3.63) is 77.9 Å². The lowest BCUT2D eigenvalue weighted by Crippen LogP contribution is -2.51. The smallest absolute Gasteiger partial charge is 0.244 e. The SMILES string of the molecule is O=CC(CC1CCNC1=O)NC(=O)C(Cc1ccccc1)NC(=O)C=Cc1ccccc1. The van der Waals surface area contributed by atoms with Gasteiger partial charge in [0.25, 0.3) is 0 Å². The maximum absolute atomic E-state index is 13.0. The van der Waals surface area contributed by atoms with Crippen molar-refractivity contribution in [1.29, 1.82) is 0 Å². The molecule has 0 radical (unpaired) electrons. The molecule has 2 aromatic rings. The standard InChI is InChI=1S/C25H27N3O4/c29-17-21(16-20-13-14-26-24(20)31)27-25(32)22(15-19-9-5-2-6-10-19)28-23(30)12-11-18-7-3-1-4-8-18/h1-12,17,20-22H,13-16H2,(H,26,31)(H,27,32)(H,28,30). The summed E-state index contributed by atoms with van der Waals surface area (Å²) in [5.74, 6) is -1.29. The predicted octanol–water partition coefficient (Wildman–Crippen LogP) is 1.64. The van der Waals surface area contributed by atoms with Crippen molar-refractivity contribution in [3.8, 4) is 0 Å². The molecule has 3 atom stereocenters. The minimum atomic E-state index is -0.870. The Morgan fingerprint density at radius 2 is 1.72 bits per heavy atom. The topological polar surface area (TPSA) is 104 Å². The lowest BCUT2D eigenvalue weighted by atomic mass is 9.98. The normalized spacial score (nSPS) is 17.4. The molecular weight excluding hydrogens is 406 g/mol. The zero-order chi connectivity index (χ0) is 22.8. The summed E-state index contributed by atoms with van der Waals surface area (Å²) >= 11 is 0. The van der Waals surface area contributed by atoms with E-state index in [4.69, 9.17) is 0 Å². The van der Waals surface area contributed by atoms with E-state index in [1.807, 2.05) is 60.7 Å². The van der Waals surface area contributed by atoms with Gasteiger partial charge in [0.2, 0.25) is 17.7 Å². The summed E-state index contributed by atoms with van der Waals surface area (Å²) in [4.78, 5) is 48.8. The Balaban J connectivity index is 1.67. The average Bonchev–Trinajstić information content (AvgIpc) is 3.22. The Bertz CT molecular complexity index is 960. The third kappa shape index (κ3) is 6.91. The fraction of sp³-hybridized carbons (Fsp3) is 0.280. The quantitative estimate of drug-likeness (QED) is 0.391. The molecule has 3 rings (SSSR count). The fourth-order valence-electron chi connectivity index (χ4n) is 3.62. The van der Waals surface area contributed by atoms with E-state index < -0.39 is 23.9 Å². The molecule has 3 unspecified atom stereocenters. The number of hydrogen-bond acceptors (Lipinski definition) is 4. The molecule has 0 spiro atoms. The Hall–Kier alpha value is -3.74. The third-order valence-electron chi connectivity index (χ3n) is 5.34. The minimum Gasteiger partial charge on any atom is -0.356 e. The van der Waals surface area contributed by atoms with Crippen molar-refractivity contribution in [2.45, 2.75) is 31.3 Å². The van der Waals surface area contributed by atoms with Crippen LogP contribution in [0.4, 0.5) is 0 Å². The van der Waals surface area contributed by atoms with Crippen molar-refractivity contribution in [1.82, 2.24) is 16.0 Å². The van der Waals surface area contributed by atoms with Gasteiger partial charge in [0, 0.05) is 25.0 Å². The van der Waals surface area contributed by atoms with Crippen LogP contribution in [0.15, 0.2) is 66.7 Å². The fourth-order valence-corrected chi connectivity index (χ4v) is 3.62. The first-order valence-electron chi connectivity index (χ1n) is 10.7. The van der Waals surface area contributed by atoms with Crippen LogP contribution in [0, 0.1) is 5.92 Å². The Morgan fingerprint density at radius 1 is 1.03 bits per heavy atom. The third-order valence-corrected chi connectivity index (χ3v) is 5.34. The molecule has 1 aliphatic rings. The van der Waals surface area contributed by atoms with Gasteiger partial charge in [-0.2, -0.15) is 0 Å². The molecule has 0 aromatic heterocycles. The van der Waals surface area contributed by atoms with E-state index in [0.717, 1.165) is 11.1 Å². The first kappa shape index (κ1) is 22.9. The number of rotatable bonds is 10. The molecule has 1 heterocycles. The summed E-state index contributed by atoms with van der Waals surface area (Å²) in [7, 11) is 0. The number of carbonyl (C=O) groups is 4. The number of carbonyl (C=O) groups excluding carboxylic acids is 4. The first-order valence-corrected chi connectivity index (χ1v) is 10.7. The van der Waals surface area contributed by atoms with Crippen molar-refractivity contribution in [3.63, 3.8) is 0 Å². The van der Waals surface area contributed by atoms with E-state index in [2.05, 4.69) is 16.0 Å². The largest absolute Gasteiger partial charge is 0.356 e. The molecule has 7 heteroatoms. The summed E-state index contributed by atoms with van der Waals surface area (Å²) < 4.78 is 0. The Labute approximate surface area is 187 Å². The van der Waals surface area contributed by atoms with Gasteiger partial charge in [0.05, 0.1) is 6.04 Å². The molecule has 2 aromatic carbocycles. The van der Waals surface area contributed by atoms with Gasteiger partial charge in [-0.05, 0) is 30.0 Å². The van der Waals surface area contributed by atoms with Crippen LogP contribution in [0.25, 0.3) is 6.08 Å². The molecular formula is C25H27N3O4. The van der Waals surface area contributed by atoms with Crippen LogP contribution >= 0.6 is 0 Å². The second kappa shape index (κ2) is 11.6. The van der Waals surface area contributed by atoms with Crippen LogP contribution in [0.1, 0.15) is 24.0 Å². The zero-order valence-electron chi connectivity index (χ0n) is 17.7. The van der Waals surface area contributed by atoms with Crippen molar-refractivity contribution < 1.29 is 19.2 Å². The average molecular weight is 434 g/mol. The van der Waals surface area contributed by atoms with Crippen molar-refractivity contribution in [2.75, 3.05) is 6.54 Å². The Morgan fingerprint density at radius 3 is 2.34 bits per heavy atom. The molecule has 166 valence electrons. The number of nitrogens with one attached hydrogen (secondary N) is 3. The van der Waals surface area contributed by atoms with Crippen LogP contribution in [-0.2, 0) is 25.6 Å². The van der Waals surface area contributed by atoms with Crippen molar-refractivity contribution >= 4 is 30.1 Å². The van der Waals surface area contributed by atoms with Crippen LogP contribution < -0.4 is 16.0 Å². The van der Waals surface area contributed by atoms with Crippen LogP contribution in [-0.4, -0.2) is 42.6 Å². The van der Waals surface area contributed by atoms with Gasteiger partial charge >= 0.3 is 0 Å². The summed E-state index contributed by atoms with van der Waals surface area (Å²) in [6, 6.07) is 17.0. The molecule has 1 fully saturated rings. The molecule has 3 amide bonds. The maximum Gasteiger partial charge on any atom is 0.244 e. The summed E-state index contributed by atoms with van der Waals surface area (Å²) in [6.07, 6.45) is 4.82. The number of amides is 3. The molecule has 32 heavy (non-hydrogen) atoms. The second-order valence-corrected chi connectivity index (χ2v) is 7.76. The molecule has 3 N–H and O–H groups in total. The van der Waals surface area contributed by atoms with E-state index in [1.165, 1.54) is 6.08 Å². The second-order valence-electron chi connectivity index (χ2n) is 7.76. The highest BCUT2D eigenvalue weighted by Gasteiger charge is 2.29. The van der Waals surface area contributed by atoms with E-state index in [-0.39, 0.29) is 24.7 Å². The summed E-state index contributed by atoms with van der Waals surface area (Å²) in [5.41, 5.74) is 1.74. The van der Waals surface area contributed by atoms with E-state index >= 15 is 0 Å². The molecule has 1 aliphatic heterocycles. The molecule has 0 bridgehead atoms. The zero-order valence-corrected chi connectivity index (χ0v) is 17.7. The summed E-state index contributed by atoms with van der Waals surface area (Å²) in [5, 5.41) is 8.15. The van der Waals surface area contributed by atoms with Crippen molar-refractivity contribution in [2.24, 2.45) is 5.92 Å².